The van der Waals surface area contributed by atoms with Crippen LogP contribution >= 0.6 is 0 Å². The Morgan fingerprint density at radius 1 is 0.881 bits per heavy atom. The topological polar surface area (TPSA) is 29.5 Å². The third-order valence-corrected chi connectivity index (χ3v) is 17.8. The van der Waals surface area contributed by atoms with E-state index in [1.807, 2.05) is 0 Å². The molecular weight excluding hydrogens is 529 g/mol. The molecule has 4 fully saturated rings. The van der Waals surface area contributed by atoms with Crippen LogP contribution in [0.3, 0.4) is 0 Å². The molecule has 2 nitrogen and oxygen atoms in total. The van der Waals surface area contributed by atoms with Crippen molar-refractivity contribution in [3.63, 3.8) is 0 Å². The molecule has 0 radical (unpaired) electrons. The molecule has 4 aliphatic rings. The molecule has 0 amide bonds. The van der Waals surface area contributed by atoms with Crippen LogP contribution in [0.5, 0.6) is 0 Å². The Bertz CT molecular complexity index is 1250. The summed E-state index contributed by atoms with van der Waals surface area (Å²) in [7, 11) is -2.71. The lowest BCUT2D eigenvalue weighted by atomic mass is 9.44. The van der Waals surface area contributed by atoms with Crippen molar-refractivity contribution in [3.8, 4) is 11.8 Å². The lowest BCUT2D eigenvalue weighted by molar-refractivity contribution is -0.128. The molecule has 4 aliphatic carbocycles. The van der Waals surface area contributed by atoms with E-state index >= 15 is 0 Å². The van der Waals surface area contributed by atoms with E-state index in [1.54, 1.807) is 6.92 Å². The highest BCUT2D eigenvalue weighted by Gasteiger charge is 2.60. The summed E-state index contributed by atoms with van der Waals surface area (Å²) in [6, 6.07) is 22.2. The molecule has 0 aliphatic heterocycles. The molecular formula is C39H54O2Si. The summed E-state index contributed by atoms with van der Waals surface area (Å²) in [5.41, 5.74) is 0.885. The van der Waals surface area contributed by atoms with Gasteiger partial charge in [0.25, 0.3) is 8.32 Å². The third-order valence-electron chi connectivity index (χ3n) is 12.7. The van der Waals surface area contributed by atoms with E-state index in [4.69, 9.17) is 4.43 Å². The van der Waals surface area contributed by atoms with Crippen LogP contribution in [0.1, 0.15) is 99.3 Å². The van der Waals surface area contributed by atoms with E-state index in [2.05, 4.69) is 107 Å². The highest BCUT2D eigenvalue weighted by atomic mass is 28.4. The maximum absolute atomic E-state index is 10.3. The first-order valence-electron chi connectivity index (χ1n) is 17.0. The van der Waals surface area contributed by atoms with Gasteiger partial charge in [-0.05, 0) is 108 Å². The molecule has 2 aromatic rings. The fraction of sp³-hybridized carbons (Fsp3) is 0.641. The molecule has 4 unspecified atom stereocenters. The molecule has 0 spiro atoms. The summed E-state index contributed by atoms with van der Waals surface area (Å²) in [6.45, 7) is 14.2. The smallest absolute Gasteiger partial charge is 0.261 e. The number of hydrogen-bond donors (Lipinski definition) is 1. The minimum atomic E-state index is -2.71. The van der Waals surface area contributed by atoms with Gasteiger partial charge in [-0.15, -0.1) is 0 Å². The Kier molecular flexibility index (Phi) is 8.08. The van der Waals surface area contributed by atoms with Gasteiger partial charge in [0.15, 0.2) is 0 Å². The minimum absolute atomic E-state index is 0.0628. The average Bonchev–Trinajstić information content (AvgIpc) is 3.37. The number of aliphatic hydroxyl groups is 1. The van der Waals surface area contributed by atoms with E-state index < -0.39 is 14.4 Å². The number of rotatable bonds is 4. The summed E-state index contributed by atoms with van der Waals surface area (Å²) < 4.78 is 7.83. The van der Waals surface area contributed by atoms with E-state index in [0.717, 1.165) is 30.6 Å². The minimum Gasteiger partial charge on any atom is -0.403 e. The number of benzene rings is 2. The second-order valence-corrected chi connectivity index (χ2v) is 20.3. The van der Waals surface area contributed by atoms with Gasteiger partial charge in [0, 0.05) is 5.92 Å². The normalized spacial score (nSPS) is 37.0. The standard InChI is InChI=1S/C39H54O2Si/c1-28(40)19-20-29-27-39(6)30(21-22-33-34-18-13-24-38(34,5)25-23-35(33)39)26-36(29)41-42(37(2,3)4,31-14-9-7-10-15-31)32-16-11-8-12-17-32/h7-12,14-17,28-30,33-36,40H,13,18,21-27H2,1-6H3/t28?,29?,30?,33-,34-,35+,36?,38-,39-/m0/s1. The van der Waals surface area contributed by atoms with Crippen molar-refractivity contribution in [2.45, 2.75) is 117 Å². The molecule has 0 heterocycles. The van der Waals surface area contributed by atoms with Gasteiger partial charge in [-0.2, -0.15) is 0 Å². The zero-order chi connectivity index (χ0) is 29.8. The van der Waals surface area contributed by atoms with Crippen LogP contribution in [0, 0.1) is 52.3 Å². The van der Waals surface area contributed by atoms with Crippen LogP contribution in [0.25, 0.3) is 0 Å². The maximum atomic E-state index is 10.3. The molecule has 2 aromatic carbocycles. The summed E-state index contributed by atoms with van der Waals surface area (Å²) in [4.78, 5) is 0. The van der Waals surface area contributed by atoms with Gasteiger partial charge in [-0.1, -0.05) is 114 Å². The molecule has 0 saturated heterocycles. The Hall–Kier alpha value is -1.86. The van der Waals surface area contributed by atoms with Crippen LogP contribution in [-0.4, -0.2) is 25.6 Å². The van der Waals surface area contributed by atoms with Crippen molar-refractivity contribution in [3.05, 3.63) is 60.7 Å². The molecule has 0 bridgehead atoms. The lowest BCUT2D eigenvalue weighted by Crippen LogP contribution is -2.69. The van der Waals surface area contributed by atoms with Crippen LogP contribution in [-0.2, 0) is 4.43 Å². The molecule has 42 heavy (non-hydrogen) atoms. The fourth-order valence-corrected chi connectivity index (χ4v) is 15.4. The van der Waals surface area contributed by atoms with Crippen molar-refractivity contribution in [1.82, 2.24) is 0 Å². The van der Waals surface area contributed by atoms with Crippen LogP contribution in [0.4, 0.5) is 0 Å². The lowest BCUT2D eigenvalue weighted by Gasteiger charge is -2.62. The summed E-state index contributed by atoms with van der Waals surface area (Å²) in [5, 5.41) is 12.9. The third kappa shape index (κ3) is 5.04. The zero-order valence-corrected chi connectivity index (χ0v) is 28.0. The molecule has 4 saturated carbocycles. The van der Waals surface area contributed by atoms with Gasteiger partial charge >= 0.3 is 0 Å². The largest absolute Gasteiger partial charge is 0.403 e. The van der Waals surface area contributed by atoms with Gasteiger partial charge in [0.1, 0.15) is 6.10 Å². The van der Waals surface area contributed by atoms with Crippen molar-refractivity contribution in [2.75, 3.05) is 0 Å². The zero-order valence-electron chi connectivity index (χ0n) is 27.0. The predicted octanol–water partition coefficient (Wildman–Crippen LogP) is 7.97. The Balaban J connectivity index is 1.40. The molecule has 0 aromatic heterocycles. The van der Waals surface area contributed by atoms with Crippen molar-refractivity contribution >= 4 is 18.7 Å². The quantitative estimate of drug-likeness (QED) is 0.293. The molecule has 6 rings (SSSR count). The SMILES string of the molecule is CC(O)C#CC1C[C@@]2(C)C(CC[C@@H]3[C@H]2CC[C@]2(C)CCC[C@@H]32)CC1O[Si](c1ccccc1)(c1ccccc1)C(C)(C)C. The highest BCUT2D eigenvalue weighted by molar-refractivity contribution is 6.99. The first-order chi connectivity index (χ1) is 20.0. The Morgan fingerprint density at radius 2 is 1.52 bits per heavy atom. The molecule has 9 atom stereocenters. The van der Waals surface area contributed by atoms with E-state index in [1.165, 1.54) is 55.3 Å². The average molecular weight is 583 g/mol. The Labute approximate surface area is 257 Å². The summed E-state index contributed by atoms with van der Waals surface area (Å²) in [5.74, 6) is 10.3. The second kappa shape index (κ2) is 11.2. The first kappa shape index (κ1) is 30.2. The summed E-state index contributed by atoms with van der Waals surface area (Å²) in [6.07, 6.45) is 11.5. The van der Waals surface area contributed by atoms with Gasteiger partial charge in [0.05, 0.1) is 6.10 Å². The molecule has 1 N–H and O–H groups in total. The van der Waals surface area contributed by atoms with Gasteiger partial charge in [-0.3, -0.25) is 0 Å². The van der Waals surface area contributed by atoms with E-state index in [-0.39, 0.29) is 17.1 Å². The van der Waals surface area contributed by atoms with Crippen molar-refractivity contribution in [2.24, 2.45) is 40.4 Å². The molecule has 226 valence electrons. The predicted molar refractivity (Wildman–Crippen MR) is 177 cm³/mol. The van der Waals surface area contributed by atoms with Crippen LogP contribution in [0.15, 0.2) is 60.7 Å². The molecule has 3 heteroatoms. The van der Waals surface area contributed by atoms with Gasteiger partial charge < -0.3 is 9.53 Å². The number of hydrogen-bond acceptors (Lipinski definition) is 2. The van der Waals surface area contributed by atoms with Gasteiger partial charge in [0.2, 0.25) is 0 Å². The number of fused-ring (bicyclic) bond motifs is 5. The highest BCUT2D eigenvalue weighted by Crippen LogP contribution is 2.67. The van der Waals surface area contributed by atoms with Crippen molar-refractivity contribution in [1.29, 1.82) is 0 Å². The second-order valence-electron chi connectivity index (χ2n) is 16.1. The Morgan fingerprint density at radius 3 is 2.12 bits per heavy atom. The maximum Gasteiger partial charge on any atom is 0.261 e. The van der Waals surface area contributed by atoms with Crippen LogP contribution in [0.2, 0.25) is 5.04 Å². The van der Waals surface area contributed by atoms with E-state index in [0.29, 0.717) is 16.7 Å². The van der Waals surface area contributed by atoms with Crippen LogP contribution < -0.4 is 10.4 Å². The first-order valence-corrected chi connectivity index (χ1v) is 18.9. The van der Waals surface area contributed by atoms with E-state index in [9.17, 15) is 5.11 Å². The number of aliphatic hydroxyl groups excluding tert-OH is 1. The van der Waals surface area contributed by atoms with Gasteiger partial charge in [-0.25, -0.2) is 0 Å². The monoisotopic (exact) mass is 582 g/mol. The van der Waals surface area contributed by atoms with Crippen molar-refractivity contribution < 1.29 is 9.53 Å². The fourth-order valence-electron chi connectivity index (χ4n) is 10.7. The summed E-state index contributed by atoms with van der Waals surface area (Å²) >= 11 is 0.